The molecule has 0 spiro atoms. The van der Waals surface area contributed by atoms with Crippen LogP contribution < -0.4 is 22.7 Å². The normalized spacial score (nSPS) is 25.8. The van der Waals surface area contributed by atoms with E-state index < -0.39 is 29.2 Å². The van der Waals surface area contributed by atoms with Crippen LogP contribution in [0.25, 0.3) is 0 Å². The van der Waals surface area contributed by atoms with Crippen molar-refractivity contribution in [2.24, 2.45) is 15.7 Å². The van der Waals surface area contributed by atoms with Crippen molar-refractivity contribution < 1.29 is 19.0 Å². The Labute approximate surface area is 240 Å². The van der Waals surface area contributed by atoms with Gasteiger partial charge in [-0.25, -0.2) is 19.1 Å². The maximum Gasteiger partial charge on any atom is 0.335 e. The molecule has 12 nitrogen and oxygen atoms in total. The number of ether oxygens (including phenoxy) is 3. The van der Waals surface area contributed by atoms with E-state index in [0.29, 0.717) is 31.4 Å². The first-order valence-electron chi connectivity index (χ1n) is 13.5. The molecule has 1 amide bonds. The lowest BCUT2D eigenvalue weighted by Crippen LogP contribution is -2.51. The average molecular weight is 585 g/mol. The lowest BCUT2D eigenvalue weighted by molar-refractivity contribution is -0.139. The number of hydrogen-bond acceptors (Lipinski definition) is 8. The summed E-state index contributed by atoms with van der Waals surface area (Å²) in [5, 5.41) is -0.0975. The molecule has 1 aromatic heterocycles. The van der Waals surface area contributed by atoms with Gasteiger partial charge in [0.2, 0.25) is 5.62 Å². The van der Waals surface area contributed by atoms with Gasteiger partial charge in [0.15, 0.2) is 5.79 Å². The van der Waals surface area contributed by atoms with Crippen LogP contribution in [-0.4, -0.2) is 56.2 Å². The van der Waals surface area contributed by atoms with Gasteiger partial charge in [0.25, 0.3) is 5.91 Å². The number of alkyl halides is 1. The van der Waals surface area contributed by atoms with Crippen molar-refractivity contribution in [1.29, 1.82) is 0 Å². The van der Waals surface area contributed by atoms with Gasteiger partial charge in [-0.1, -0.05) is 18.2 Å². The van der Waals surface area contributed by atoms with Crippen LogP contribution in [0.1, 0.15) is 39.5 Å². The summed E-state index contributed by atoms with van der Waals surface area (Å²) in [6.07, 6.45) is 14.0. The van der Waals surface area contributed by atoms with Crippen molar-refractivity contribution in [1.82, 2.24) is 14.1 Å². The first-order valence-corrected chi connectivity index (χ1v) is 13.9. The molecule has 4 aliphatic rings. The molecule has 0 saturated carbocycles. The third-order valence-electron chi connectivity index (χ3n) is 6.92. The monoisotopic (exact) mass is 584 g/mol. The van der Waals surface area contributed by atoms with Crippen molar-refractivity contribution in [3.05, 3.63) is 85.8 Å². The van der Waals surface area contributed by atoms with Crippen LogP contribution >= 0.6 is 11.6 Å². The molecule has 3 N–H and O–H groups in total. The lowest BCUT2D eigenvalue weighted by atomic mass is 10.1. The zero-order chi connectivity index (χ0) is 29.1. The summed E-state index contributed by atoms with van der Waals surface area (Å²) in [7, 11) is 0. The molecule has 2 unspecified atom stereocenters. The first kappa shape index (κ1) is 28.8. The predicted octanol–water partition coefficient (Wildman–Crippen LogP) is 1.67. The summed E-state index contributed by atoms with van der Waals surface area (Å²) in [5.74, 6) is -0.612. The lowest BCUT2D eigenvalue weighted by Gasteiger charge is -2.20. The molecule has 2 aliphatic carbocycles. The van der Waals surface area contributed by atoms with Gasteiger partial charge in [0.05, 0.1) is 30.8 Å². The van der Waals surface area contributed by atoms with E-state index in [1.807, 2.05) is 18.2 Å². The van der Waals surface area contributed by atoms with Crippen LogP contribution in [0.5, 0.6) is 0 Å². The second kappa shape index (κ2) is 12.0. The van der Waals surface area contributed by atoms with Gasteiger partial charge in [-0.3, -0.25) is 19.3 Å². The van der Waals surface area contributed by atoms with Crippen LogP contribution in [0.15, 0.2) is 78.8 Å². The third-order valence-corrected chi connectivity index (χ3v) is 7.24. The molecule has 1 fully saturated rings. The largest absolute Gasteiger partial charge is 0.489 e. The number of aromatic amines is 1. The minimum absolute atomic E-state index is 0.0449. The summed E-state index contributed by atoms with van der Waals surface area (Å²) in [6, 6.07) is 0. The Balaban J connectivity index is 1.41. The van der Waals surface area contributed by atoms with Crippen molar-refractivity contribution in [2.45, 2.75) is 76.0 Å². The number of H-pyrrole nitrogens is 1. The zero-order valence-corrected chi connectivity index (χ0v) is 23.7. The Hall–Kier alpha value is -3.74. The van der Waals surface area contributed by atoms with Crippen molar-refractivity contribution in [3.8, 4) is 0 Å². The van der Waals surface area contributed by atoms with Gasteiger partial charge in [-0.2, -0.15) is 0 Å². The highest BCUT2D eigenvalue weighted by Gasteiger charge is 2.33. The molecule has 0 aromatic carbocycles. The molecule has 3 heterocycles. The molecule has 1 saturated heterocycles. The molecule has 1 aromatic rings. The summed E-state index contributed by atoms with van der Waals surface area (Å²) < 4.78 is 20.0. The first-order chi connectivity index (χ1) is 19.6. The summed E-state index contributed by atoms with van der Waals surface area (Å²) >= 11 is 6.19. The van der Waals surface area contributed by atoms with Crippen LogP contribution in [0.3, 0.4) is 0 Å². The van der Waals surface area contributed by atoms with Gasteiger partial charge >= 0.3 is 11.4 Å². The summed E-state index contributed by atoms with van der Waals surface area (Å²) in [6.45, 7) is 4.10. The minimum atomic E-state index is -0.779. The fourth-order valence-corrected chi connectivity index (χ4v) is 4.98. The Morgan fingerprint density at radius 1 is 1.24 bits per heavy atom. The quantitative estimate of drug-likeness (QED) is 0.443. The number of carbonyl (C=O) groups is 1. The number of aromatic nitrogens is 3. The van der Waals surface area contributed by atoms with E-state index >= 15 is 0 Å². The van der Waals surface area contributed by atoms with Gasteiger partial charge in [-0.15, -0.1) is 11.6 Å². The number of nitrogens with zero attached hydrogens (tertiary/aromatic N) is 4. The second-order valence-electron chi connectivity index (χ2n) is 10.6. The SMILES string of the molecule is CC1(C)OC[C@H](Cn2c(=O)[nH]/c(=N\C3=CC=C(OC4C=NC(C(N)=O)=CC4)CC3)n(CC3=CCC(Cl)C=C3)c2=O)O1. The maximum atomic E-state index is 13.7. The number of nitrogens with one attached hydrogen (secondary N) is 1. The number of halogens is 1. The molecule has 0 radical (unpaired) electrons. The number of nitrogens with two attached hydrogens (primary N) is 1. The minimum Gasteiger partial charge on any atom is -0.489 e. The fourth-order valence-electron chi connectivity index (χ4n) is 4.82. The van der Waals surface area contributed by atoms with E-state index in [9.17, 15) is 14.4 Å². The van der Waals surface area contributed by atoms with E-state index in [1.165, 1.54) is 4.57 Å². The number of rotatable bonds is 8. The second-order valence-corrected chi connectivity index (χ2v) is 11.2. The van der Waals surface area contributed by atoms with Gasteiger partial charge in [0.1, 0.15) is 17.9 Å². The van der Waals surface area contributed by atoms with E-state index in [1.54, 1.807) is 38.3 Å². The molecule has 218 valence electrons. The number of hydrogen-bond donors (Lipinski definition) is 2. The van der Waals surface area contributed by atoms with Crippen LogP contribution in [0, 0.1) is 0 Å². The van der Waals surface area contributed by atoms with E-state index in [4.69, 9.17) is 31.5 Å². The molecular formula is C28H33ClN6O6. The van der Waals surface area contributed by atoms with Crippen molar-refractivity contribution >= 4 is 23.7 Å². The number of allylic oxidation sites excluding steroid dienone is 8. The molecule has 0 bridgehead atoms. The Morgan fingerprint density at radius 3 is 2.68 bits per heavy atom. The van der Waals surface area contributed by atoms with Crippen molar-refractivity contribution in [2.75, 3.05) is 6.61 Å². The maximum absolute atomic E-state index is 13.7. The molecule has 5 rings (SSSR count). The van der Waals surface area contributed by atoms with Crippen LogP contribution in [0.2, 0.25) is 0 Å². The Bertz CT molecular complexity index is 1590. The smallest absolute Gasteiger partial charge is 0.335 e. The topological polar surface area (TPSA) is 155 Å². The van der Waals surface area contributed by atoms with E-state index in [2.05, 4.69) is 15.0 Å². The van der Waals surface area contributed by atoms with Gasteiger partial charge < -0.3 is 19.9 Å². The standard InChI is InChI=1S/C28H33ClN6O6/c1-28(2)39-16-22(41-28)15-35-26(37)33-25(34(27(35)38)14-17-3-5-18(29)6-4-17)32-19-7-9-20(10-8-19)40-21-11-12-23(24(30)36)31-13-21/h3-5,7,9,12-13,18,21-22H,6,8,10-11,14-16H2,1-2H3,(H2,30,36)(H,32,33,37)/t18?,21?,22-/m0/s1. The zero-order valence-electron chi connectivity index (χ0n) is 22.9. The fraction of sp³-hybridized carbons (Fsp3) is 0.464. The molecule has 3 atom stereocenters. The highest BCUT2D eigenvalue weighted by atomic mass is 35.5. The number of amides is 1. The van der Waals surface area contributed by atoms with E-state index in [0.717, 1.165) is 15.9 Å². The van der Waals surface area contributed by atoms with Gasteiger partial charge in [0, 0.05) is 24.8 Å². The third kappa shape index (κ3) is 7.13. The average Bonchev–Trinajstić information content (AvgIpc) is 3.29. The molecular weight excluding hydrogens is 552 g/mol. The van der Waals surface area contributed by atoms with Crippen LogP contribution in [-0.2, 0) is 32.1 Å². The molecule has 2 aliphatic heterocycles. The molecule has 41 heavy (non-hydrogen) atoms. The number of primary amides is 1. The predicted molar refractivity (Wildman–Crippen MR) is 152 cm³/mol. The molecule has 13 heteroatoms. The van der Waals surface area contributed by atoms with Gasteiger partial charge in [-0.05, 0) is 50.5 Å². The Kier molecular flexibility index (Phi) is 8.43. The Morgan fingerprint density at radius 2 is 2.07 bits per heavy atom. The summed E-state index contributed by atoms with van der Waals surface area (Å²) in [5.41, 5.74) is 6.11. The highest BCUT2D eigenvalue weighted by Crippen LogP contribution is 2.24. The van der Waals surface area contributed by atoms with Crippen LogP contribution in [0.4, 0.5) is 0 Å². The number of carbonyl (C=O) groups excluding carboxylic acids is 1. The highest BCUT2D eigenvalue weighted by molar-refractivity contribution is 6.22. The summed E-state index contributed by atoms with van der Waals surface area (Å²) in [4.78, 5) is 49.5. The van der Waals surface area contributed by atoms with E-state index in [-0.39, 0.29) is 42.5 Å². The van der Waals surface area contributed by atoms with Crippen molar-refractivity contribution in [3.63, 3.8) is 0 Å². The number of aliphatic imine (C=N–C) groups is 1.